The summed E-state index contributed by atoms with van der Waals surface area (Å²) in [4.78, 5) is 10.9. The first kappa shape index (κ1) is 12.6. The van der Waals surface area contributed by atoms with Crippen LogP contribution in [0.25, 0.3) is 6.08 Å². The minimum absolute atomic E-state index is 0.252. The second-order valence-electron chi connectivity index (χ2n) is 3.22. The lowest BCUT2D eigenvalue weighted by Crippen LogP contribution is -1.87. The van der Waals surface area contributed by atoms with Gasteiger partial charge in [-0.05, 0) is 24.3 Å². The minimum Gasteiger partial charge on any atom is -0.508 e. The third-order valence-electron chi connectivity index (χ3n) is 1.97. The monoisotopic (exact) mass is 232 g/mol. The Morgan fingerprint density at radius 2 is 2.00 bits per heavy atom. The molecular weight excluding hydrogens is 220 g/mol. The van der Waals surface area contributed by atoms with Crippen LogP contribution < -0.4 is 0 Å². The molecule has 0 amide bonds. The largest absolute Gasteiger partial charge is 0.508 e. The smallest absolute Gasteiger partial charge is 0.181 e. The van der Waals surface area contributed by atoms with E-state index in [4.69, 9.17) is 0 Å². The average Bonchev–Trinajstić information content (AvgIpc) is 2.31. The van der Waals surface area contributed by atoms with E-state index in [0.717, 1.165) is 12.2 Å². The van der Waals surface area contributed by atoms with Crippen LogP contribution in [0, 0.1) is 0 Å². The highest BCUT2D eigenvalue weighted by molar-refractivity contribution is 5.99. The van der Waals surface area contributed by atoms with E-state index in [2.05, 4.69) is 6.58 Å². The number of hydrogen-bond donors (Lipinski definition) is 3. The van der Waals surface area contributed by atoms with Crippen molar-refractivity contribution in [2.75, 3.05) is 0 Å². The Morgan fingerprint density at radius 1 is 1.29 bits per heavy atom. The van der Waals surface area contributed by atoms with Crippen LogP contribution in [0.5, 0.6) is 11.5 Å². The molecule has 0 fully saturated rings. The molecule has 1 rings (SSSR count). The number of aliphatic hydroxyl groups is 1. The van der Waals surface area contributed by atoms with Crippen molar-refractivity contribution in [2.45, 2.75) is 0 Å². The normalized spacial score (nSPS) is 11.6. The van der Waals surface area contributed by atoms with Crippen LogP contribution in [0.2, 0.25) is 0 Å². The van der Waals surface area contributed by atoms with Gasteiger partial charge in [0.25, 0.3) is 0 Å². The third kappa shape index (κ3) is 3.53. The van der Waals surface area contributed by atoms with E-state index in [1.165, 1.54) is 18.2 Å². The highest BCUT2D eigenvalue weighted by Crippen LogP contribution is 2.29. The number of ketones is 1. The molecule has 4 heteroatoms. The van der Waals surface area contributed by atoms with Crippen molar-refractivity contribution in [1.82, 2.24) is 0 Å². The number of phenolic OH excluding ortho intramolecular Hbond substituents is 2. The van der Waals surface area contributed by atoms with Crippen molar-refractivity contribution < 1.29 is 20.1 Å². The zero-order valence-corrected chi connectivity index (χ0v) is 9.00. The Bertz CT molecular complexity index is 498. The van der Waals surface area contributed by atoms with Gasteiger partial charge in [-0.3, -0.25) is 4.79 Å². The maximum atomic E-state index is 10.9. The van der Waals surface area contributed by atoms with Crippen molar-refractivity contribution in [3.05, 3.63) is 54.3 Å². The molecule has 0 aliphatic rings. The van der Waals surface area contributed by atoms with E-state index in [9.17, 15) is 20.1 Å². The molecule has 0 aromatic heterocycles. The van der Waals surface area contributed by atoms with E-state index in [1.807, 2.05) is 0 Å². The standard InChI is InChI=1S/C13H12O4/c1-2-10(14)8-11(15)7-6-9-4-3-5-12(16)13(9)17/h2-8,15-17H,1H2. The van der Waals surface area contributed by atoms with Crippen LogP contribution in [-0.2, 0) is 4.79 Å². The quantitative estimate of drug-likeness (QED) is 0.322. The number of allylic oxidation sites excluding steroid dienone is 3. The second-order valence-corrected chi connectivity index (χ2v) is 3.22. The van der Waals surface area contributed by atoms with E-state index < -0.39 is 5.78 Å². The summed E-state index contributed by atoms with van der Waals surface area (Å²) in [5.41, 5.74) is 0.330. The van der Waals surface area contributed by atoms with Crippen molar-refractivity contribution in [1.29, 1.82) is 0 Å². The Hall–Kier alpha value is -2.49. The Labute approximate surface area is 98.5 Å². The lowest BCUT2D eigenvalue weighted by atomic mass is 10.1. The van der Waals surface area contributed by atoms with Gasteiger partial charge in [0.2, 0.25) is 0 Å². The van der Waals surface area contributed by atoms with Gasteiger partial charge >= 0.3 is 0 Å². The Morgan fingerprint density at radius 3 is 2.65 bits per heavy atom. The van der Waals surface area contributed by atoms with Crippen LogP contribution >= 0.6 is 0 Å². The fraction of sp³-hybridized carbons (Fsp3) is 0. The maximum Gasteiger partial charge on any atom is 0.181 e. The molecule has 17 heavy (non-hydrogen) atoms. The van der Waals surface area contributed by atoms with Gasteiger partial charge in [0, 0.05) is 11.6 Å². The molecule has 0 bridgehead atoms. The van der Waals surface area contributed by atoms with Crippen molar-refractivity contribution in [2.24, 2.45) is 0 Å². The topological polar surface area (TPSA) is 77.8 Å². The molecule has 0 saturated heterocycles. The van der Waals surface area contributed by atoms with Crippen molar-refractivity contribution >= 4 is 11.9 Å². The van der Waals surface area contributed by atoms with Crippen LogP contribution in [0.4, 0.5) is 0 Å². The molecule has 3 N–H and O–H groups in total. The summed E-state index contributed by atoms with van der Waals surface area (Å²) in [5, 5.41) is 28.0. The van der Waals surface area contributed by atoms with Gasteiger partial charge < -0.3 is 15.3 Å². The maximum absolute atomic E-state index is 10.9. The van der Waals surface area contributed by atoms with Crippen molar-refractivity contribution in [3.63, 3.8) is 0 Å². The fourth-order valence-electron chi connectivity index (χ4n) is 1.11. The highest BCUT2D eigenvalue weighted by Gasteiger charge is 2.02. The number of benzene rings is 1. The van der Waals surface area contributed by atoms with Gasteiger partial charge in [0.05, 0.1) is 0 Å². The molecule has 88 valence electrons. The number of para-hydroxylation sites is 1. The number of hydrogen-bond acceptors (Lipinski definition) is 4. The predicted octanol–water partition coefficient (Wildman–Crippen LogP) is 2.31. The van der Waals surface area contributed by atoms with Gasteiger partial charge in [-0.1, -0.05) is 18.7 Å². The van der Waals surface area contributed by atoms with Gasteiger partial charge in [-0.2, -0.15) is 0 Å². The molecule has 0 saturated carbocycles. The number of aliphatic hydroxyl groups excluding tert-OH is 1. The molecule has 0 heterocycles. The van der Waals surface area contributed by atoms with E-state index in [0.29, 0.717) is 5.56 Å². The van der Waals surface area contributed by atoms with E-state index >= 15 is 0 Å². The second kappa shape index (κ2) is 5.55. The van der Waals surface area contributed by atoms with Gasteiger partial charge in [0.1, 0.15) is 5.76 Å². The fourth-order valence-corrected chi connectivity index (χ4v) is 1.11. The average molecular weight is 232 g/mol. The summed E-state index contributed by atoms with van der Waals surface area (Å²) in [6.45, 7) is 3.26. The number of carbonyl (C=O) groups excluding carboxylic acids is 1. The summed E-state index contributed by atoms with van der Waals surface area (Å²) >= 11 is 0. The molecule has 0 aliphatic carbocycles. The highest BCUT2D eigenvalue weighted by atomic mass is 16.3. The summed E-state index contributed by atoms with van der Waals surface area (Å²) in [5.74, 6) is -1.23. The van der Waals surface area contributed by atoms with Gasteiger partial charge in [0.15, 0.2) is 17.3 Å². The summed E-state index contributed by atoms with van der Waals surface area (Å²) in [6, 6.07) is 4.43. The first-order chi connectivity index (χ1) is 8.04. The molecule has 0 atom stereocenters. The number of carbonyl (C=O) groups is 1. The molecule has 0 spiro atoms. The summed E-state index contributed by atoms with van der Waals surface area (Å²) in [7, 11) is 0. The van der Waals surface area contributed by atoms with Crippen LogP contribution in [-0.4, -0.2) is 21.1 Å². The molecule has 0 radical (unpaired) electrons. The molecule has 4 nitrogen and oxygen atoms in total. The zero-order valence-electron chi connectivity index (χ0n) is 9.00. The van der Waals surface area contributed by atoms with Crippen molar-refractivity contribution in [3.8, 4) is 11.5 Å². The molecule has 1 aromatic rings. The molecule has 1 aromatic carbocycles. The van der Waals surface area contributed by atoms with Crippen LogP contribution in [0.15, 0.2) is 48.8 Å². The first-order valence-electron chi connectivity index (χ1n) is 4.80. The molecular formula is C13H12O4. The zero-order chi connectivity index (χ0) is 12.8. The number of phenols is 2. The van der Waals surface area contributed by atoms with Crippen LogP contribution in [0.1, 0.15) is 5.56 Å². The SMILES string of the molecule is C=CC(=O)C=C(O)C=Cc1cccc(O)c1O. The van der Waals surface area contributed by atoms with Gasteiger partial charge in [-0.15, -0.1) is 0 Å². The summed E-state index contributed by atoms with van der Waals surface area (Å²) < 4.78 is 0. The van der Waals surface area contributed by atoms with Crippen LogP contribution in [0.3, 0.4) is 0 Å². The Balaban J connectivity index is 2.91. The number of rotatable bonds is 4. The molecule has 0 unspecified atom stereocenters. The molecule has 0 aliphatic heterocycles. The predicted molar refractivity (Wildman–Crippen MR) is 64.7 cm³/mol. The Kier molecular flexibility index (Phi) is 4.11. The lowest BCUT2D eigenvalue weighted by Gasteiger charge is -2.00. The summed E-state index contributed by atoms with van der Waals surface area (Å²) in [6.07, 6.45) is 4.66. The van der Waals surface area contributed by atoms with E-state index in [-0.39, 0.29) is 17.3 Å². The van der Waals surface area contributed by atoms with Gasteiger partial charge in [-0.25, -0.2) is 0 Å². The number of aromatic hydroxyl groups is 2. The minimum atomic E-state index is -0.424. The first-order valence-corrected chi connectivity index (χ1v) is 4.80. The lowest BCUT2D eigenvalue weighted by molar-refractivity contribution is -0.110. The van der Waals surface area contributed by atoms with E-state index in [1.54, 1.807) is 12.1 Å². The third-order valence-corrected chi connectivity index (χ3v) is 1.97.